The van der Waals surface area contributed by atoms with Gasteiger partial charge in [0.2, 0.25) is 11.9 Å². The van der Waals surface area contributed by atoms with E-state index in [1.165, 1.54) is 42.5 Å². The van der Waals surface area contributed by atoms with Crippen molar-refractivity contribution in [2.75, 3.05) is 11.9 Å². The topological polar surface area (TPSA) is 63.2 Å². The molecule has 0 fully saturated rings. The molecule has 0 spiro atoms. The van der Waals surface area contributed by atoms with E-state index in [1.807, 2.05) is 0 Å². The molecule has 5 nitrogen and oxygen atoms in total. The highest BCUT2D eigenvalue weighted by Gasteiger charge is 2.15. The van der Waals surface area contributed by atoms with Crippen LogP contribution in [-0.4, -0.2) is 28.7 Å². The van der Waals surface area contributed by atoms with Crippen LogP contribution in [0.1, 0.15) is 35.7 Å². The number of amides is 1. The number of ketones is 1. The number of benzene rings is 1. The van der Waals surface area contributed by atoms with Gasteiger partial charge in [-0.2, -0.15) is 4.39 Å². The molecule has 2 heterocycles. The van der Waals surface area contributed by atoms with Crippen LogP contribution in [0.2, 0.25) is 0 Å². The normalized spacial score (nSPS) is 10.7. The Morgan fingerprint density at radius 3 is 2.40 bits per heavy atom. The summed E-state index contributed by atoms with van der Waals surface area (Å²) in [4.78, 5) is 33.3. The second-order valence-electron chi connectivity index (χ2n) is 6.82. The Bertz CT molecular complexity index is 1050. The average molecular weight is 409 g/mol. The molecule has 0 aliphatic carbocycles. The zero-order valence-corrected chi connectivity index (χ0v) is 16.7. The van der Waals surface area contributed by atoms with Crippen LogP contribution < -0.4 is 4.90 Å². The van der Waals surface area contributed by atoms with E-state index in [1.54, 1.807) is 31.2 Å². The molecule has 0 saturated heterocycles. The first-order chi connectivity index (χ1) is 14.4. The maximum atomic E-state index is 14.5. The molecule has 0 radical (unpaired) electrons. The number of anilines is 1. The molecule has 1 amide bonds. The van der Waals surface area contributed by atoms with E-state index in [2.05, 4.69) is 9.97 Å². The second kappa shape index (κ2) is 9.35. The van der Waals surface area contributed by atoms with Gasteiger partial charge in [-0.15, -0.1) is 0 Å². The zero-order chi connectivity index (χ0) is 21.7. The zero-order valence-electron chi connectivity index (χ0n) is 16.7. The minimum absolute atomic E-state index is 0.0976. The van der Waals surface area contributed by atoms with Crippen molar-refractivity contribution in [3.8, 4) is 11.3 Å². The van der Waals surface area contributed by atoms with Gasteiger partial charge in [0.1, 0.15) is 5.82 Å². The van der Waals surface area contributed by atoms with Gasteiger partial charge in [-0.25, -0.2) is 9.37 Å². The van der Waals surface area contributed by atoms with Crippen molar-refractivity contribution in [1.82, 2.24) is 9.97 Å². The molecule has 0 aliphatic rings. The first-order valence-electron chi connectivity index (χ1n) is 9.55. The van der Waals surface area contributed by atoms with Crippen LogP contribution in [0, 0.1) is 11.8 Å². The number of Topliss-reactive ketones (excluding diaryl/α,β-unsaturated/α-hetero) is 1. The van der Waals surface area contributed by atoms with Crippen LogP contribution in [0.5, 0.6) is 0 Å². The van der Waals surface area contributed by atoms with Crippen LogP contribution in [0.3, 0.4) is 0 Å². The predicted octanol–water partition coefficient (Wildman–Crippen LogP) is 4.61. The lowest BCUT2D eigenvalue weighted by Crippen LogP contribution is -2.25. The molecule has 0 atom stereocenters. The molecular formula is C23H21F2N3O2. The molecule has 0 N–H and O–H groups in total. The number of nitrogens with zero attached hydrogens (tertiary/aromatic N) is 3. The van der Waals surface area contributed by atoms with E-state index in [4.69, 9.17) is 0 Å². The monoisotopic (exact) mass is 409 g/mol. The summed E-state index contributed by atoms with van der Waals surface area (Å²) in [5, 5.41) is 0. The first-order valence-corrected chi connectivity index (χ1v) is 9.55. The number of carbonyl (C=O) groups excluding carboxylic acids is 2. The van der Waals surface area contributed by atoms with Gasteiger partial charge in [0.05, 0.1) is 11.4 Å². The molecule has 1 aromatic carbocycles. The van der Waals surface area contributed by atoms with Gasteiger partial charge in [0, 0.05) is 43.4 Å². The minimum Gasteiger partial charge on any atom is -0.313 e. The Hall–Kier alpha value is -3.48. The van der Waals surface area contributed by atoms with Gasteiger partial charge in [0.15, 0.2) is 5.78 Å². The van der Waals surface area contributed by atoms with Gasteiger partial charge in [-0.1, -0.05) is 19.1 Å². The van der Waals surface area contributed by atoms with Crippen molar-refractivity contribution in [2.45, 2.75) is 26.2 Å². The van der Waals surface area contributed by atoms with Gasteiger partial charge in [-0.3, -0.25) is 14.6 Å². The fourth-order valence-electron chi connectivity index (χ4n) is 3.00. The average Bonchev–Trinajstić information content (AvgIpc) is 2.77. The van der Waals surface area contributed by atoms with Crippen molar-refractivity contribution < 1.29 is 18.4 Å². The van der Waals surface area contributed by atoms with Crippen LogP contribution in [0.25, 0.3) is 11.3 Å². The number of aromatic nitrogens is 2. The summed E-state index contributed by atoms with van der Waals surface area (Å²) in [6, 6.07) is 10.7. The van der Waals surface area contributed by atoms with Crippen molar-refractivity contribution in [3.05, 3.63) is 77.8 Å². The highest BCUT2D eigenvalue weighted by Crippen LogP contribution is 2.25. The molecular weight excluding hydrogens is 388 g/mol. The summed E-state index contributed by atoms with van der Waals surface area (Å²) >= 11 is 0. The Kier molecular flexibility index (Phi) is 6.61. The number of pyridine rings is 2. The fraction of sp³-hybridized carbons (Fsp3) is 0.217. The highest BCUT2D eigenvalue weighted by molar-refractivity contribution is 5.96. The number of hydrogen-bond acceptors (Lipinski definition) is 4. The molecule has 30 heavy (non-hydrogen) atoms. The van der Waals surface area contributed by atoms with E-state index in [9.17, 15) is 18.4 Å². The molecule has 7 heteroatoms. The standard InChI is InChI=1S/C23H21F2N3O2/c1-3-23(30)28(2)20-9-7-16(12-18(20)24)19-8-6-17(14-26-19)21(29)10-4-15-5-11-22(25)27-13-15/h5-9,11-14H,3-4,10H2,1-2H3. The van der Waals surface area contributed by atoms with E-state index >= 15 is 0 Å². The van der Waals surface area contributed by atoms with Crippen LogP contribution >= 0.6 is 0 Å². The van der Waals surface area contributed by atoms with E-state index in [0.717, 1.165) is 5.56 Å². The van der Waals surface area contributed by atoms with Crippen LogP contribution in [0.4, 0.5) is 14.5 Å². The lowest BCUT2D eigenvalue weighted by molar-refractivity contribution is -0.118. The third kappa shape index (κ3) is 4.92. The molecule has 0 unspecified atom stereocenters. The smallest absolute Gasteiger partial charge is 0.226 e. The minimum atomic E-state index is -0.557. The maximum Gasteiger partial charge on any atom is 0.226 e. The van der Waals surface area contributed by atoms with E-state index < -0.39 is 11.8 Å². The summed E-state index contributed by atoms with van der Waals surface area (Å²) < 4.78 is 27.3. The molecule has 0 saturated carbocycles. The van der Waals surface area contributed by atoms with Crippen LogP contribution in [0.15, 0.2) is 54.9 Å². The summed E-state index contributed by atoms with van der Waals surface area (Å²) in [7, 11) is 1.53. The summed E-state index contributed by atoms with van der Waals surface area (Å²) in [5.41, 5.74) is 2.48. The lowest BCUT2D eigenvalue weighted by atomic mass is 10.0. The van der Waals surface area contributed by atoms with Gasteiger partial charge in [-0.05, 0) is 42.3 Å². The number of rotatable bonds is 7. The molecule has 154 valence electrons. The quantitative estimate of drug-likeness (QED) is 0.422. The summed E-state index contributed by atoms with van der Waals surface area (Å²) in [5.74, 6) is -1.36. The molecule has 0 aliphatic heterocycles. The number of hydrogen-bond donors (Lipinski definition) is 0. The maximum absolute atomic E-state index is 14.5. The van der Waals surface area contributed by atoms with Crippen molar-refractivity contribution in [2.24, 2.45) is 0 Å². The molecule has 3 rings (SSSR count). The van der Waals surface area contributed by atoms with Crippen molar-refractivity contribution in [3.63, 3.8) is 0 Å². The predicted molar refractivity (Wildman–Crippen MR) is 110 cm³/mol. The number of halogens is 2. The largest absolute Gasteiger partial charge is 0.313 e. The van der Waals surface area contributed by atoms with E-state index in [-0.39, 0.29) is 30.2 Å². The van der Waals surface area contributed by atoms with Crippen molar-refractivity contribution >= 4 is 17.4 Å². The fourth-order valence-corrected chi connectivity index (χ4v) is 3.00. The van der Waals surface area contributed by atoms with E-state index in [0.29, 0.717) is 23.2 Å². The SMILES string of the molecule is CCC(=O)N(C)c1ccc(-c2ccc(C(=O)CCc3ccc(F)nc3)cn2)cc1F. The summed E-state index contributed by atoms with van der Waals surface area (Å²) in [6.07, 6.45) is 3.85. The third-order valence-corrected chi connectivity index (χ3v) is 4.80. The lowest BCUT2D eigenvalue weighted by Gasteiger charge is -2.17. The second-order valence-corrected chi connectivity index (χ2v) is 6.82. The Morgan fingerprint density at radius 2 is 1.80 bits per heavy atom. The van der Waals surface area contributed by atoms with Gasteiger partial charge < -0.3 is 4.90 Å². The molecule has 0 bridgehead atoms. The highest BCUT2D eigenvalue weighted by atomic mass is 19.1. The third-order valence-electron chi connectivity index (χ3n) is 4.80. The summed E-state index contributed by atoms with van der Waals surface area (Å²) in [6.45, 7) is 1.72. The number of carbonyl (C=O) groups is 2. The Balaban J connectivity index is 1.69. The van der Waals surface area contributed by atoms with Crippen LogP contribution in [-0.2, 0) is 11.2 Å². The Morgan fingerprint density at radius 1 is 1.00 bits per heavy atom. The Labute approximate surface area is 173 Å². The molecule has 3 aromatic rings. The van der Waals surface area contributed by atoms with Gasteiger partial charge >= 0.3 is 0 Å². The van der Waals surface area contributed by atoms with Crippen molar-refractivity contribution in [1.29, 1.82) is 0 Å². The first kappa shape index (κ1) is 21.2. The van der Waals surface area contributed by atoms with Gasteiger partial charge in [0.25, 0.3) is 0 Å². The molecule has 2 aromatic heterocycles. The number of aryl methyl sites for hydroxylation is 1.